The van der Waals surface area contributed by atoms with Crippen molar-refractivity contribution in [1.82, 2.24) is 9.62 Å². The first-order valence-corrected chi connectivity index (χ1v) is 10.9. The molecule has 27 heavy (non-hydrogen) atoms. The van der Waals surface area contributed by atoms with Crippen LogP contribution in [0.25, 0.3) is 0 Å². The molecule has 1 fully saturated rings. The van der Waals surface area contributed by atoms with Crippen LogP contribution in [-0.2, 0) is 14.8 Å². The maximum atomic E-state index is 13.3. The molecule has 1 spiro atoms. The van der Waals surface area contributed by atoms with Gasteiger partial charge in [0.15, 0.2) is 0 Å². The number of nitrogens with one attached hydrogen (secondary N) is 1. The van der Waals surface area contributed by atoms with Crippen LogP contribution in [0.4, 0.5) is 4.39 Å². The molecule has 0 aliphatic carbocycles. The lowest BCUT2D eigenvalue weighted by Gasteiger charge is -2.36. The first-order chi connectivity index (χ1) is 12.8. The van der Waals surface area contributed by atoms with Gasteiger partial charge in [-0.3, -0.25) is 9.79 Å². The van der Waals surface area contributed by atoms with Gasteiger partial charge in [0.1, 0.15) is 17.2 Å². The highest BCUT2D eigenvalue weighted by Crippen LogP contribution is 2.32. The molecule has 10 heteroatoms. The highest BCUT2D eigenvalue weighted by atomic mass is 35.5. The molecule has 1 aromatic carbocycles. The van der Waals surface area contributed by atoms with E-state index in [1.165, 1.54) is 21.7 Å². The van der Waals surface area contributed by atoms with Gasteiger partial charge in [-0.2, -0.15) is 4.31 Å². The fraction of sp³-hybridized carbons (Fsp3) is 0.294. The Kier molecular flexibility index (Phi) is 4.58. The number of hydrogen-bond donors (Lipinski definition) is 1. The van der Waals surface area contributed by atoms with Crippen molar-refractivity contribution in [3.8, 4) is 0 Å². The number of halogens is 2. The third-order valence-corrected chi connectivity index (χ3v) is 7.78. The Hall–Kier alpha value is -1.81. The van der Waals surface area contributed by atoms with Gasteiger partial charge < -0.3 is 5.32 Å². The van der Waals surface area contributed by atoms with E-state index in [-0.39, 0.29) is 28.9 Å². The summed E-state index contributed by atoms with van der Waals surface area (Å²) in [6.07, 6.45) is 0.726. The summed E-state index contributed by atoms with van der Waals surface area (Å²) in [6, 6.07) is 7.03. The van der Waals surface area contributed by atoms with Crippen molar-refractivity contribution in [1.29, 1.82) is 0 Å². The first kappa shape index (κ1) is 18.5. The minimum absolute atomic E-state index is 0.0527. The van der Waals surface area contributed by atoms with Gasteiger partial charge in [0.2, 0.25) is 10.0 Å². The van der Waals surface area contributed by atoms with E-state index in [9.17, 15) is 17.6 Å². The zero-order valence-electron chi connectivity index (χ0n) is 14.0. The molecule has 2 aliphatic rings. The number of nitrogens with zero attached hydrogens (tertiary/aromatic N) is 2. The second-order valence-electron chi connectivity index (χ2n) is 6.40. The number of piperidine rings is 1. The van der Waals surface area contributed by atoms with Gasteiger partial charge in [0, 0.05) is 25.9 Å². The smallest absolute Gasteiger partial charge is 0.272 e. The lowest BCUT2D eigenvalue weighted by Crippen LogP contribution is -2.52. The number of carbonyl (C=O) groups excluding carboxylic acids is 1. The van der Waals surface area contributed by atoms with E-state index in [0.29, 0.717) is 18.6 Å². The summed E-state index contributed by atoms with van der Waals surface area (Å²) in [6.45, 7) is 0.387. The van der Waals surface area contributed by atoms with E-state index in [0.717, 1.165) is 17.0 Å². The lowest BCUT2D eigenvalue weighted by molar-refractivity contribution is -0.115. The van der Waals surface area contributed by atoms with Crippen LogP contribution in [0, 0.1) is 5.82 Å². The van der Waals surface area contributed by atoms with Crippen LogP contribution in [0.5, 0.6) is 0 Å². The summed E-state index contributed by atoms with van der Waals surface area (Å²) in [5.74, 6) is -0.906. The second-order valence-corrected chi connectivity index (χ2v) is 9.70. The quantitative estimate of drug-likeness (QED) is 0.817. The van der Waals surface area contributed by atoms with Gasteiger partial charge in [-0.05, 0) is 29.6 Å². The number of thiophene rings is 1. The van der Waals surface area contributed by atoms with Crippen molar-refractivity contribution in [2.24, 2.45) is 4.99 Å². The molecule has 0 atom stereocenters. The maximum Gasteiger partial charge on any atom is 0.272 e. The molecular formula is C17H15ClFN3O3S2. The molecular weight excluding hydrogens is 413 g/mol. The third kappa shape index (κ3) is 3.29. The SMILES string of the molecule is O=C1NC2(CCN(S(=O)(=O)c3ccc(F)c(Cl)c3)CC2)N=C1c1cccs1. The molecule has 3 heterocycles. The Morgan fingerprint density at radius 2 is 2.00 bits per heavy atom. The number of carbonyl (C=O) groups is 1. The number of hydrogen-bond acceptors (Lipinski definition) is 5. The van der Waals surface area contributed by atoms with E-state index in [2.05, 4.69) is 10.3 Å². The van der Waals surface area contributed by atoms with Crippen LogP contribution >= 0.6 is 22.9 Å². The standard InChI is InChI=1S/C17H15ClFN3O3S2/c18-12-10-11(3-4-13(12)19)27(24,25)22-7-5-17(6-8-22)20-15(16(23)21-17)14-2-1-9-26-14/h1-4,9-10H,5-8H2,(H,21,23). The summed E-state index contributed by atoms with van der Waals surface area (Å²) in [5.41, 5.74) is -0.380. The number of rotatable bonds is 3. The number of benzene rings is 1. The Morgan fingerprint density at radius 1 is 1.26 bits per heavy atom. The minimum Gasteiger partial charge on any atom is -0.326 e. The molecule has 6 nitrogen and oxygen atoms in total. The fourth-order valence-corrected chi connectivity index (χ4v) is 5.69. The lowest BCUT2D eigenvalue weighted by atomic mass is 10.00. The molecule has 1 N–H and O–H groups in total. The summed E-state index contributed by atoms with van der Waals surface area (Å²) in [5, 5.41) is 4.54. The van der Waals surface area contributed by atoms with E-state index in [1.54, 1.807) is 0 Å². The summed E-state index contributed by atoms with van der Waals surface area (Å²) < 4.78 is 40.2. The summed E-state index contributed by atoms with van der Waals surface area (Å²) in [4.78, 5) is 17.6. The van der Waals surface area contributed by atoms with Crippen molar-refractivity contribution >= 4 is 44.6 Å². The van der Waals surface area contributed by atoms with Gasteiger partial charge in [-0.1, -0.05) is 17.7 Å². The Labute approximate surface area is 164 Å². The fourth-order valence-electron chi connectivity index (χ4n) is 3.26. The average Bonchev–Trinajstić information content (AvgIpc) is 3.26. The normalized spacial score (nSPS) is 19.9. The highest BCUT2D eigenvalue weighted by molar-refractivity contribution is 7.89. The van der Waals surface area contributed by atoms with Crippen LogP contribution < -0.4 is 5.32 Å². The zero-order chi connectivity index (χ0) is 19.2. The van der Waals surface area contributed by atoms with E-state index < -0.39 is 21.5 Å². The summed E-state index contributed by atoms with van der Waals surface area (Å²) in [7, 11) is -3.79. The van der Waals surface area contributed by atoms with Crippen LogP contribution in [0.1, 0.15) is 17.7 Å². The van der Waals surface area contributed by atoms with Crippen molar-refractivity contribution in [2.75, 3.05) is 13.1 Å². The van der Waals surface area contributed by atoms with Crippen molar-refractivity contribution in [3.63, 3.8) is 0 Å². The van der Waals surface area contributed by atoms with Crippen LogP contribution in [0.3, 0.4) is 0 Å². The monoisotopic (exact) mass is 427 g/mol. The predicted octanol–water partition coefficient (Wildman–Crippen LogP) is 2.64. The minimum atomic E-state index is -3.79. The molecule has 0 bridgehead atoms. The molecule has 0 unspecified atom stereocenters. The zero-order valence-corrected chi connectivity index (χ0v) is 16.4. The maximum absolute atomic E-state index is 13.3. The van der Waals surface area contributed by atoms with E-state index in [1.807, 2.05) is 17.5 Å². The Bertz CT molecular complexity index is 1030. The molecule has 1 aromatic heterocycles. The van der Waals surface area contributed by atoms with E-state index in [4.69, 9.17) is 11.6 Å². The molecule has 1 amide bonds. The van der Waals surface area contributed by atoms with Gasteiger partial charge in [0.25, 0.3) is 5.91 Å². The van der Waals surface area contributed by atoms with Gasteiger partial charge in [0.05, 0.1) is 14.8 Å². The predicted molar refractivity (Wildman–Crippen MR) is 101 cm³/mol. The number of amides is 1. The largest absolute Gasteiger partial charge is 0.326 e. The Morgan fingerprint density at radius 3 is 2.63 bits per heavy atom. The molecule has 142 valence electrons. The molecule has 0 radical (unpaired) electrons. The van der Waals surface area contributed by atoms with Crippen LogP contribution in [0.2, 0.25) is 5.02 Å². The van der Waals surface area contributed by atoms with Crippen LogP contribution in [0.15, 0.2) is 45.6 Å². The third-order valence-electron chi connectivity index (χ3n) is 4.72. The number of sulfonamides is 1. The molecule has 4 rings (SSSR count). The topological polar surface area (TPSA) is 78.8 Å². The van der Waals surface area contributed by atoms with Crippen molar-refractivity contribution in [3.05, 3.63) is 51.4 Å². The van der Waals surface area contributed by atoms with Gasteiger partial charge >= 0.3 is 0 Å². The van der Waals surface area contributed by atoms with E-state index >= 15 is 0 Å². The van der Waals surface area contributed by atoms with Crippen molar-refractivity contribution < 1.29 is 17.6 Å². The van der Waals surface area contributed by atoms with Gasteiger partial charge in [-0.15, -0.1) is 11.3 Å². The molecule has 1 saturated heterocycles. The van der Waals surface area contributed by atoms with Crippen LogP contribution in [-0.4, -0.2) is 43.1 Å². The molecule has 2 aromatic rings. The first-order valence-electron chi connectivity index (χ1n) is 8.22. The highest BCUT2D eigenvalue weighted by Gasteiger charge is 2.44. The molecule has 2 aliphatic heterocycles. The molecule has 0 saturated carbocycles. The summed E-state index contributed by atoms with van der Waals surface area (Å²) >= 11 is 7.15. The average molecular weight is 428 g/mol. The second kappa shape index (κ2) is 6.66. The van der Waals surface area contributed by atoms with Gasteiger partial charge in [-0.25, -0.2) is 12.8 Å². The number of aliphatic imine (C=N–C) groups is 1. The Balaban J connectivity index is 1.54. The van der Waals surface area contributed by atoms with Crippen molar-refractivity contribution in [2.45, 2.75) is 23.4 Å².